The number of benzene rings is 2. The molecule has 7 heteroatoms. The van der Waals surface area contributed by atoms with Crippen LogP contribution in [0.3, 0.4) is 0 Å². The van der Waals surface area contributed by atoms with Gasteiger partial charge >= 0.3 is 0 Å². The van der Waals surface area contributed by atoms with Gasteiger partial charge in [0.15, 0.2) is 0 Å². The van der Waals surface area contributed by atoms with E-state index >= 15 is 0 Å². The van der Waals surface area contributed by atoms with Gasteiger partial charge in [0.2, 0.25) is 0 Å². The lowest BCUT2D eigenvalue weighted by molar-refractivity contribution is 0.00255. The molecule has 2 atom stereocenters. The number of nitrogens with one attached hydrogen (secondary N) is 1. The quantitative estimate of drug-likeness (QED) is 0.528. The Balaban J connectivity index is 1.47. The van der Waals surface area contributed by atoms with Gasteiger partial charge in [-0.3, -0.25) is 5.01 Å². The van der Waals surface area contributed by atoms with E-state index in [4.69, 9.17) is 4.98 Å². The molecule has 3 heterocycles. The van der Waals surface area contributed by atoms with Gasteiger partial charge in [-0.05, 0) is 53.4 Å². The zero-order valence-electron chi connectivity index (χ0n) is 15.4. The molecule has 4 nitrogen and oxygen atoms in total. The zero-order chi connectivity index (χ0) is 19.3. The molecule has 1 saturated heterocycles. The van der Waals surface area contributed by atoms with E-state index in [2.05, 4.69) is 68.3 Å². The summed E-state index contributed by atoms with van der Waals surface area (Å²) in [7, 11) is 0. The van der Waals surface area contributed by atoms with Gasteiger partial charge < -0.3 is 4.98 Å². The smallest absolute Gasteiger partial charge is 0.126 e. The van der Waals surface area contributed by atoms with Gasteiger partial charge in [0.05, 0.1) is 16.9 Å². The van der Waals surface area contributed by atoms with Gasteiger partial charge in [-0.15, -0.1) is 0 Å². The van der Waals surface area contributed by atoms with Crippen molar-refractivity contribution in [3.8, 4) is 0 Å². The first-order chi connectivity index (χ1) is 13.6. The maximum Gasteiger partial charge on any atom is 0.126 e. The number of hydrogen-bond acceptors (Lipinski definition) is 4. The Morgan fingerprint density at radius 1 is 1.25 bits per heavy atom. The molecule has 0 radical (unpaired) electrons. The highest BCUT2D eigenvalue weighted by atomic mass is 79.9. The standard InChI is InChI=1S/C21H20BrFN4S/c1-13-27(12-19(28-13)14-6-3-2-4-7-14)26-9-5-8-18(26)21-24-17-11-15(23)10-16(22)20(17)25-21/h2-4,6-7,10-13,18H,5,8-9H2,1H3,(H,24,25). The van der Waals surface area contributed by atoms with Crippen molar-refractivity contribution < 1.29 is 4.39 Å². The van der Waals surface area contributed by atoms with Crippen molar-refractivity contribution in [2.45, 2.75) is 31.2 Å². The van der Waals surface area contributed by atoms with Crippen LogP contribution in [0.15, 0.2) is 53.1 Å². The summed E-state index contributed by atoms with van der Waals surface area (Å²) in [6, 6.07) is 13.7. The largest absolute Gasteiger partial charge is 0.340 e. The molecule has 0 spiro atoms. The molecule has 1 fully saturated rings. The Morgan fingerprint density at radius 3 is 2.89 bits per heavy atom. The maximum atomic E-state index is 13.8. The number of hydrogen-bond donors (Lipinski definition) is 1. The zero-order valence-corrected chi connectivity index (χ0v) is 17.8. The number of aromatic nitrogens is 2. The van der Waals surface area contributed by atoms with Crippen molar-refractivity contribution in [3.05, 3.63) is 70.3 Å². The third-order valence-electron chi connectivity index (χ3n) is 5.34. The number of aromatic amines is 1. The number of thioether (sulfide) groups is 1. The summed E-state index contributed by atoms with van der Waals surface area (Å²) < 4.78 is 14.4. The molecule has 2 aliphatic rings. The van der Waals surface area contributed by atoms with Crippen LogP contribution in [0.4, 0.5) is 4.39 Å². The number of rotatable bonds is 3. The fourth-order valence-electron chi connectivity index (χ4n) is 4.05. The first-order valence-corrected chi connectivity index (χ1v) is 11.1. The van der Waals surface area contributed by atoms with E-state index in [1.807, 2.05) is 17.8 Å². The summed E-state index contributed by atoms with van der Waals surface area (Å²) in [6.45, 7) is 3.22. The van der Waals surface area contributed by atoms with Crippen molar-refractivity contribution in [3.63, 3.8) is 0 Å². The van der Waals surface area contributed by atoms with Crippen molar-refractivity contribution in [2.75, 3.05) is 6.54 Å². The Kier molecular flexibility index (Phi) is 4.69. The van der Waals surface area contributed by atoms with Crippen LogP contribution in [0, 0.1) is 5.82 Å². The second-order valence-electron chi connectivity index (χ2n) is 7.18. The minimum atomic E-state index is -0.266. The van der Waals surface area contributed by atoms with E-state index in [9.17, 15) is 4.39 Å². The Morgan fingerprint density at radius 2 is 2.07 bits per heavy atom. The van der Waals surface area contributed by atoms with Crippen LogP contribution < -0.4 is 0 Å². The fraction of sp³-hybridized carbons (Fsp3) is 0.286. The second kappa shape index (κ2) is 7.21. The van der Waals surface area contributed by atoms with Crippen LogP contribution in [0.5, 0.6) is 0 Å². The number of hydrazine groups is 1. The highest BCUT2D eigenvalue weighted by Gasteiger charge is 2.36. The van der Waals surface area contributed by atoms with Crippen LogP contribution in [0.25, 0.3) is 15.9 Å². The normalized spacial score (nSPS) is 23.0. The van der Waals surface area contributed by atoms with Gasteiger partial charge in [-0.2, -0.15) is 0 Å². The Bertz CT molecular complexity index is 1050. The third-order valence-corrected chi connectivity index (χ3v) is 7.09. The maximum absolute atomic E-state index is 13.8. The summed E-state index contributed by atoms with van der Waals surface area (Å²) in [6.07, 6.45) is 4.39. The average molecular weight is 459 g/mol. The minimum absolute atomic E-state index is 0.164. The fourth-order valence-corrected chi connectivity index (χ4v) is 5.67. The molecule has 1 N–H and O–H groups in total. The lowest BCUT2D eigenvalue weighted by Gasteiger charge is -2.35. The molecule has 0 amide bonds. The summed E-state index contributed by atoms with van der Waals surface area (Å²) in [4.78, 5) is 9.43. The van der Waals surface area contributed by atoms with Crippen molar-refractivity contribution in [2.24, 2.45) is 0 Å². The molecule has 0 saturated carbocycles. The topological polar surface area (TPSA) is 35.2 Å². The molecule has 28 heavy (non-hydrogen) atoms. The lowest BCUT2D eigenvalue weighted by Crippen LogP contribution is -2.41. The Hall–Kier alpha value is -1.83. The molecule has 2 unspecified atom stereocenters. The van der Waals surface area contributed by atoms with E-state index in [-0.39, 0.29) is 11.9 Å². The van der Waals surface area contributed by atoms with Crippen LogP contribution in [-0.4, -0.2) is 31.9 Å². The SMILES string of the molecule is CC1SC(c2ccccc2)=CN1N1CCCC1c1nc2c(Br)cc(F)cc2[nH]1. The number of imidazole rings is 1. The van der Waals surface area contributed by atoms with Crippen LogP contribution in [0.2, 0.25) is 0 Å². The van der Waals surface area contributed by atoms with Gasteiger partial charge in [-0.1, -0.05) is 42.1 Å². The van der Waals surface area contributed by atoms with Gasteiger partial charge in [0.25, 0.3) is 0 Å². The predicted octanol–water partition coefficient (Wildman–Crippen LogP) is 5.91. The van der Waals surface area contributed by atoms with Crippen LogP contribution in [-0.2, 0) is 0 Å². The van der Waals surface area contributed by atoms with Crippen molar-refractivity contribution in [1.82, 2.24) is 20.0 Å². The van der Waals surface area contributed by atoms with Crippen molar-refractivity contribution >= 4 is 43.6 Å². The summed E-state index contributed by atoms with van der Waals surface area (Å²) >= 11 is 5.31. The number of H-pyrrole nitrogens is 1. The van der Waals surface area contributed by atoms with Gasteiger partial charge in [-0.25, -0.2) is 14.4 Å². The van der Waals surface area contributed by atoms with E-state index in [0.29, 0.717) is 9.85 Å². The molecule has 1 aromatic heterocycles. The van der Waals surface area contributed by atoms with Crippen LogP contribution in [0.1, 0.15) is 37.2 Å². The summed E-state index contributed by atoms with van der Waals surface area (Å²) in [5.41, 5.74) is 2.77. The highest BCUT2D eigenvalue weighted by Crippen LogP contribution is 2.44. The molecule has 0 aliphatic carbocycles. The Labute approximate surface area is 175 Å². The van der Waals surface area contributed by atoms with E-state index in [0.717, 1.165) is 36.2 Å². The number of halogens is 2. The van der Waals surface area contributed by atoms with Crippen LogP contribution >= 0.6 is 27.7 Å². The summed E-state index contributed by atoms with van der Waals surface area (Å²) in [5.74, 6) is 0.635. The minimum Gasteiger partial charge on any atom is -0.340 e. The predicted molar refractivity (Wildman–Crippen MR) is 116 cm³/mol. The van der Waals surface area contributed by atoms with E-state index in [1.165, 1.54) is 22.6 Å². The molecule has 0 bridgehead atoms. The monoisotopic (exact) mass is 458 g/mol. The molecular weight excluding hydrogens is 439 g/mol. The first-order valence-electron chi connectivity index (χ1n) is 9.43. The summed E-state index contributed by atoms with van der Waals surface area (Å²) in [5, 5.41) is 5.06. The molecule has 144 valence electrons. The highest BCUT2D eigenvalue weighted by molar-refractivity contribution is 9.10. The lowest BCUT2D eigenvalue weighted by atomic mass is 10.2. The molecule has 3 aromatic rings. The first kappa shape index (κ1) is 18.2. The van der Waals surface area contributed by atoms with Gasteiger partial charge in [0, 0.05) is 22.1 Å². The van der Waals surface area contributed by atoms with Gasteiger partial charge in [0.1, 0.15) is 17.2 Å². The third kappa shape index (κ3) is 3.15. The molecule has 2 aliphatic heterocycles. The molecule has 2 aromatic carbocycles. The average Bonchev–Trinajstić information content (AvgIpc) is 3.39. The molecule has 5 rings (SSSR count). The second-order valence-corrected chi connectivity index (χ2v) is 9.40. The van der Waals surface area contributed by atoms with E-state index in [1.54, 1.807) is 0 Å². The van der Waals surface area contributed by atoms with Crippen molar-refractivity contribution in [1.29, 1.82) is 0 Å². The number of fused-ring (bicyclic) bond motifs is 1. The van der Waals surface area contributed by atoms with E-state index < -0.39 is 0 Å². The molecular formula is C21H20BrFN4S. The number of nitrogens with zero attached hydrogens (tertiary/aromatic N) is 3.